The molecular formula is C25H39F. The molecule has 1 atom stereocenters. The Labute approximate surface area is 161 Å². The zero-order valence-corrected chi connectivity index (χ0v) is 17.1. The van der Waals surface area contributed by atoms with E-state index in [1.54, 1.807) is 12.1 Å². The maximum absolute atomic E-state index is 13.1. The lowest BCUT2D eigenvalue weighted by molar-refractivity contribution is 0.169. The van der Waals surface area contributed by atoms with Gasteiger partial charge in [0.2, 0.25) is 0 Å². The van der Waals surface area contributed by atoms with Gasteiger partial charge in [0.1, 0.15) is 5.82 Å². The van der Waals surface area contributed by atoms with E-state index in [4.69, 9.17) is 0 Å². The quantitative estimate of drug-likeness (QED) is 0.461. The lowest BCUT2D eigenvalue weighted by Gasteiger charge is -2.36. The van der Waals surface area contributed by atoms with Crippen molar-refractivity contribution in [2.45, 2.75) is 96.8 Å². The van der Waals surface area contributed by atoms with Crippen LogP contribution in [0.5, 0.6) is 0 Å². The topological polar surface area (TPSA) is 0 Å². The molecule has 1 aromatic carbocycles. The lowest BCUT2D eigenvalue weighted by atomic mass is 9.70. The summed E-state index contributed by atoms with van der Waals surface area (Å²) in [6.45, 7) is 4.85. The molecule has 0 heterocycles. The molecule has 0 aliphatic heterocycles. The Morgan fingerprint density at radius 1 is 0.885 bits per heavy atom. The molecule has 2 aliphatic rings. The highest BCUT2D eigenvalue weighted by Gasteiger charge is 2.29. The van der Waals surface area contributed by atoms with Crippen molar-refractivity contribution in [2.75, 3.05) is 0 Å². The van der Waals surface area contributed by atoms with Gasteiger partial charge in [-0.2, -0.15) is 0 Å². The van der Waals surface area contributed by atoms with Crippen molar-refractivity contribution in [1.82, 2.24) is 0 Å². The first-order valence-electron chi connectivity index (χ1n) is 11.4. The van der Waals surface area contributed by atoms with Gasteiger partial charge in [-0.05, 0) is 92.2 Å². The summed E-state index contributed by atoms with van der Waals surface area (Å²) in [5, 5.41) is 0. The molecule has 0 saturated heterocycles. The van der Waals surface area contributed by atoms with Crippen LogP contribution in [0.1, 0.15) is 102 Å². The van der Waals surface area contributed by atoms with Gasteiger partial charge in [0.15, 0.2) is 0 Å². The summed E-state index contributed by atoms with van der Waals surface area (Å²) in [5.41, 5.74) is 1.35. The van der Waals surface area contributed by atoms with E-state index in [0.717, 1.165) is 23.7 Å². The molecule has 0 spiro atoms. The molecule has 0 radical (unpaired) electrons. The highest BCUT2D eigenvalue weighted by molar-refractivity contribution is 5.20. The summed E-state index contributed by atoms with van der Waals surface area (Å²) in [5.74, 6) is 4.41. The standard InChI is InChI=1S/C25H39F/c1-3-4-5-20-6-10-22(11-7-20)19(2)18-21-8-12-23(13-9-21)24-14-16-25(26)17-15-24/h14-17,19-23H,3-13,18H2,1-2H3. The Kier molecular flexibility index (Phi) is 7.58. The highest BCUT2D eigenvalue weighted by atomic mass is 19.1. The second-order valence-electron chi connectivity index (χ2n) is 9.41. The number of hydrogen-bond donors (Lipinski definition) is 0. The van der Waals surface area contributed by atoms with Crippen molar-refractivity contribution >= 4 is 0 Å². The third-order valence-electron chi connectivity index (χ3n) is 7.56. The Hall–Kier alpha value is -0.850. The van der Waals surface area contributed by atoms with E-state index in [2.05, 4.69) is 13.8 Å². The van der Waals surface area contributed by atoms with E-state index in [0.29, 0.717) is 5.92 Å². The molecule has 3 rings (SSSR count). The van der Waals surface area contributed by atoms with Gasteiger partial charge in [-0.15, -0.1) is 0 Å². The summed E-state index contributed by atoms with van der Waals surface area (Å²) in [4.78, 5) is 0. The fourth-order valence-electron chi connectivity index (χ4n) is 5.72. The molecule has 0 nitrogen and oxygen atoms in total. The zero-order valence-electron chi connectivity index (χ0n) is 17.1. The van der Waals surface area contributed by atoms with Crippen LogP contribution in [-0.4, -0.2) is 0 Å². The van der Waals surface area contributed by atoms with E-state index in [-0.39, 0.29) is 5.82 Å². The zero-order chi connectivity index (χ0) is 18.4. The first kappa shape index (κ1) is 19.9. The van der Waals surface area contributed by atoms with Gasteiger partial charge in [0.05, 0.1) is 0 Å². The van der Waals surface area contributed by atoms with Crippen LogP contribution in [0.25, 0.3) is 0 Å². The van der Waals surface area contributed by atoms with E-state index < -0.39 is 0 Å². The van der Waals surface area contributed by atoms with Crippen molar-refractivity contribution < 1.29 is 4.39 Å². The first-order valence-corrected chi connectivity index (χ1v) is 11.4. The minimum absolute atomic E-state index is 0.110. The van der Waals surface area contributed by atoms with Gasteiger partial charge in [0, 0.05) is 0 Å². The van der Waals surface area contributed by atoms with Gasteiger partial charge in [0.25, 0.3) is 0 Å². The molecule has 0 aromatic heterocycles. The van der Waals surface area contributed by atoms with Crippen molar-refractivity contribution in [1.29, 1.82) is 0 Å². The van der Waals surface area contributed by atoms with E-state index >= 15 is 0 Å². The molecule has 2 aliphatic carbocycles. The number of benzene rings is 1. The van der Waals surface area contributed by atoms with Crippen LogP contribution >= 0.6 is 0 Å². The van der Waals surface area contributed by atoms with Crippen LogP contribution in [-0.2, 0) is 0 Å². The second kappa shape index (κ2) is 9.90. The van der Waals surface area contributed by atoms with Crippen LogP contribution in [0.15, 0.2) is 24.3 Å². The molecule has 1 aromatic rings. The second-order valence-corrected chi connectivity index (χ2v) is 9.41. The minimum atomic E-state index is -0.110. The van der Waals surface area contributed by atoms with Gasteiger partial charge in [-0.25, -0.2) is 4.39 Å². The summed E-state index contributed by atoms with van der Waals surface area (Å²) >= 11 is 0. The molecule has 146 valence electrons. The van der Waals surface area contributed by atoms with Crippen molar-refractivity contribution in [3.63, 3.8) is 0 Å². The van der Waals surface area contributed by atoms with Crippen LogP contribution in [0, 0.1) is 29.5 Å². The fourth-order valence-corrected chi connectivity index (χ4v) is 5.72. The predicted molar refractivity (Wildman–Crippen MR) is 110 cm³/mol. The average molecular weight is 359 g/mol. The Morgan fingerprint density at radius 2 is 1.50 bits per heavy atom. The number of rotatable bonds is 7. The Morgan fingerprint density at radius 3 is 2.12 bits per heavy atom. The maximum Gasteiger partial charge on any atom is 0.123 e. The average Bonchev–Trinajstić information content (AvgIpc) is 2.68. The van der Waals surface area contributed by atoms with E-state index in [1.165, 1.54) is 82.6 Å². The number of hydrogen-bond acceptors (Lipinski definition) is 0. The predicted octanol–water partition coefficient (Wildman–Crippen LogP) is 8.12. The molecule has 1 unspecified atom stereocenters. The summed E-state index contributed by atoms with van der Waals surface area (Å²) in [6, 6.07) is 7.25. The van der Waals surface area contributed by atoms with E-state index in [1.807, 2.05) is 12.1 Å². The molecule has 0 N–H and O–H groups in total. The number of halogens is 1. The van der Waals surface area contributed by atoms with E-state index in [9.17, 15) is 4.39 Å². The van der Waals surface area contributed by atoms with Gasteiger partial charge >= 0.3 is 0 Å². The van der Waals surface area contributed by atoms with Gasteiger partial charge in [-0.3, -0.25) is 0 Å². The molecule has 26 heavy (non-hydrogen) atoms. The molecule has 2 fully saturated rings. The summed E-state index contributed by atoms with van der Waals surface area (Å²) in [7, 11) is 0. The Balaban J connectivity index is 1.38. The monoisotopic (exact) mass is 358 g/mol. The first-order chi connectivity index (χ1) is 12.7. The fraction of sp³-hybridized carbons (Fsp3) is 0.760. The summed E-state index contributed by atoms with van der Waals surface area (Å²) < 4.78 is 13.1. The highest BCUT2D eigenvalue weighted by Crippen LogP contribution is 2.42. The van der Waals surface area contributed by atoms with Gasteiger partial charge in [-0.1, -0.05) is 58.1 Å². The lowest BCUT2D eigenvalue weighted by Crippen LogP contribution is -2.23. The molecule has 0 amide bonds. The van der Waals surface area contributed by atoms with Crippen molar-refractivity contribution in [2.24, 2.45) is 23.7 Å². The third-order valence-corrected chi connectivity index (χ3v) is 7.56. The molecule has 0 bridgehead atoms. The SMILES string of the molecule is CCCCC1CCC(C(C)CC2CCC(c3ccc(F)cc3)CC2)CC1. The number of unbranched alkanes of at least 4 members (excludes halogenated alkanes) is 1. The Bertz CT molecular complexity index is 503. The summed E-state index contributed by atoms with van der Waals surface area (Å²) in [6.07, 6.45) is 17.0. The normalized spacial score (nSPS) is 30.9. The van der Waals surface area contributed by atoms with Crippen molar-refractivity contribution in [3.05, 3.63) is 35.6 Å². The van der Waals surface area contributed by atoms with Crippen LogP contribution in [0.3, 0.4) is 0 Å². The van der Waals surface area contributed by atoms with Crippen LogP contribution in [0.2, 0.25) is 0 Å². The van der Waals surface area contributed by atoms with Crippen molar-refractivity contribution in [3.8, 4) is 0 Å². The molecule has 2 saturated carbocycles. The molecule has 1 heteroatoms. The maximum atomic E-state index is 13.1. The van der Waals surface area contributed by atoms with Crippen LogP contribution in [0.4, 0.5) is 4.39 Å². The van der Waals surface area contributed by atoms with Crippen LogP contribution < -0.4 is 0 Å². The third kappa shape index (κ3) is 5.57. The molecular weight excluding hydrogens is 319 g/mol. The van der Waals surface area contributed by atoms with Gasteiger partial charge < -0.3 is 0 Å². The minimum Gasteiger partial charge on any atom is -0.207 e. The largest absolute Gasteiger partial charge is 0.207 e. The smallest absolute Gasteiger partial charge is 0.123 e.